The Labute approximate surface area is 137 Å². The Morgan fingerprint density at radius 2 is 2.09 bits per heavy atom. The third kappa shape index (κ3) is 5.76. The van der Waals surface area contributed by atoms with Crippen LogP contribution in [0.4, 0.5) is 0 Å². The lowest BCUT2D eigenvalue weighted by Gasteiger charge is -2.23. The summed E-state index contributed by atoms with van der Waals surface area (Å²) >= 11 is 0. The van der Waals surface area contributed by atoms with Gasteiger partial charge in [0, 0.05) is 18.9 Å². The number of ether oxygens (including phenoxy) is 1. The Hall–Kier alpha value is -1.16. The average Bonchev–Trinajstić information content (AvgIpc) is 3.01. The molecule has 1 saturated heterocycles. The van der Waals surface area contributed by atoms with Gasteiger partial charge in [-0.15, -0.1) is 0 Å². The lowest BCUT2D eigenvalue weighted by molar-refractivity contribution is -0.141. The molecule has 128 valence electrons. The Kier molecular flexibility index (Phi) is 6.40. The van der Waals surface area contributed by atoms with Gasteiger partial charge in [0.25, 0.3) is 0 Å². The first-order chi connectivity index (χ1) is 10.9. The maximum Gasteiger partial charge on any atom is 0.307 e. The van der Waals surface area contributed by atoms with Gasteiger partial charge in [0.1, 0.15) is 0 Å². The first-order valence-electron chi connectivity index (χ1n) is 8.06. The molecule has 0 radical (unpaired) electrons. The Morgan fingerprint density at radius 3 is 2.65 bits per heavy atom. The van der Waals surface area contributed by atoms with Crippen molar-refractivity contribution in [2.24, 2.45) is 11.8 Å². The van der Waals surface area contributed by atoms with Gasteiger partial charge in [0.15, 0.2) is 0 Å². The summed E-state index contributed by atoms with van der Waals surface area (Å²) in [7, 11) is -3.53. The average molecular weight is 340 g/mol. The summed E-state index contributed by atoms with van der Waals surface area (Å²) in [5, 5.41) is 9.42. The van der Waals surface area contributed by atoms with Crippen molar-refractivity contribution in [2.75, 3.05) is 12.8 Å². The van der Waals surface area contributed by atoms with E-state index in [1.165, 1.54) is 0 Å². The van der Waals surface area contributed by atoms with E-state index in [1.807, 2.05) is 25.1 Å². The number of aliphatic carboxylic acids is 1. The van der Waals surface area contributed by atoms with Crippen molar-refractivity contribution in [3.63, 3.8) is 0 Å². The predicted molar refractivity (Wildman–Crippen MR) is 88.7 cm³/mol. The fourth-order valence-corrected chi connectivity index (χ4v) is 5.09. The molecule has 0 aromatic heterocycles. The molecule has 6 heteroatoms. The van der Waals surface area contributed by atoms with Crippen molar-refractivity contribution in [1.82, 2.24) is 0 Å². The van der Waals surface area contributed by atoms with Crippen LogP contribution in [0.25, 0.3) is 0 Å². The van der Waals surface area contributed by atoms with Gasteiger partial charge >= 0.3 is 5.97 Å². The quantitative estimate of drug-likeness (QED) is 0.709. The van der Waals surface area contributed by atoms with E-state index in [2.05, 4.69) is 0 Å². The second-order valence-corrected chi connectivity index (χ2v) is 8.85. The van der Waals surface area contributed by atoms with Gasteiger partial charge in [-0.2, -0.15) is 0 Å². The zero-order chi connectivity index (χ0) is 16.9. The molecule has 2 rings (SSSR count). The summed E-state index contributed by atoms with van der Waals surface area (Å²) in [5.41, 5.74) is 0.759. The molecule has 1 aromatic rings. The number of hydrogen-bond acceptors (Lipinski definition) is 3. The second-order valence-electron chi connectivity index (χ2n) is 6.47. The molecule has 1 aliphatic heterocycles. The molecular formula is C17H25O5P. The minimum atomic E-state index is -3.53. The summed E-state index contributed by atoms with van der Waals surface area (Å²) in [4.78, 5) is 21.7. The van der Waals surface area contributed by atoms with E-state index in [4.69, 9.17) is 4.74 Å². The summed E-state index contributed by atoms with van der Waals surface area (Å²) in [6.07, 6.45) is 2.22. The van der Waals surface area contributed by atoms with Crippen LogP contribution in [0, 0.1) is 11.8 Å². The minimum absolute atomic E-state index is 0.0198. The zero-order valence-electron chi connectivity index (χ0n) is 13.4. The van der Waals surface area contributed by atoms with Gasteiger partial charge in [-0.25, -0.2) is 0 Å². The van der Waals surface area contributed by atoms with Crippen molar-refractivity contribution < 1.29 is 24.1 Å². The summed E-state index contributed by atoms with van der Waals surface area (Å²) in [6.45, 7) is 2.69. The van der Waals surface area contributed by atoms with Gasteiger partial charge < -0.3 is 14.7 Å². The van der Waals surface area contributed by atoms with E-state index in [0.717, 1.165) is 25.0 Å². The van der Waals surface area contributed by atoms with Crippen LogP contribution in [0.5, 0.6) is 0 Å². The summed E-state index contributed by atoms with van der Waals surface area (Å²) < 4.78 is 18.1. The highest BCUT2D eigenvalue weighted by molar-refractivity contribution is 7.57. The molecule has 5 nitrogen and oxygen atoms in total. The van der Waals surface area contributed by atoms with E-state index in [0.29, 0.717) is 6.42 Å². The SMILES string of the molecule is CC(CC(CP(=O)(O)Cc1ccccc1)C(=O)O)C1CCCO1. The maximum absolute atomic E-state index is 12.5. The van der Waals surface area contributed by atoms with Crippen molar-refractivity contribution in [3.8, 4) is 0 Å². The Morgan fingerprint density at radius 1 is 1.39 bits per heavy atom. The van der Waals surface area contributed by atoms with Crippen LogP contribution in [-0.2, 0) is 20.3 Å². The first kappa shape index (κ1) is 18.2. The minimum Gasteiger partial charge on any atom is -0.481 e. The molecule has 1 aliphatic rings. The normalized spacial score (nSPS) is 23.1. The van der Waals surface area contributed by atoms with Gasteiger partial charge in [-0.3, -0.25) is 9.36 Å². The summed E-state index contributed by atoms with van der Waals surface area (Å²) in [5.74, 6) is -1.73. The number of rotatable bonds is 8. The molecule has 1 fully saturated rings. The van der Waals surface area contributed by atoms with E-state index in [-0.39, 0.29) is 24.3 Å². The first-order valence-corrected chi connectivity index (χ1v) is 10.1. The number of carbonyl (C=O) groups is 1. The van der Waals surface area contributed by atoms with E-state index in [1.54, 1.807) is 12.1 Å². The number of carboxylic acid groups (broad SMARTS) is 1. The molecule has 0 bridgehead atoms. The van der Waals surface area contributed by atoms with Crippen LogP contribution in [0.1, 0.15) is 31.7 Å². The zero-order valence-corrected chi connectivity index (χ0v) is 14.3. The second kappa shape index (κ2) is 8.09. The number of hydrogen-bond donors (Lipinski definition) is 2. The number of benzene rings is 1. The van der Waals surface area contributed by atoms with E-state index in [9.17, 15) is 19.4 Å². The fourth-order valence-electron chi connectivity index (χ4n) is 3.18. The predicted octanol–water partition coefficient (Wildman–Crippen LogP) is 3.36. The van der Waals surface area contributed by atoms with Crippen molar-refractivity contribution >= 4 is 13.3 Å². The monoisotopic (exact) mass is 340 g/mol. The van der Waals surface area contributed by atoms with E-state index >= 15 is 0 Å². The largest absolute Gasteiger partial charge is 0.481 e. The molecule has 1 aromatic carbocycles. The molecule has 4 unspecified atom stereocenters. The number of carboxylic acids is 1. The van der Waals surface area contributed by atoms with Crippen LogP contribution < -0.4 is 0 Å². The fraction of sp³-hybridized carbons (Fsp3) is 0.588. The van der Waals surface area contributed by atoms with Crippen LogP contribution in [-0.4, -0.2) is 34.8 Å². The molecule has 23 heavy (non-hydrogen) atoms. The molecular weight excluding hydrogens is 315 g/mol. The lowest BCUT2D eigenvalue weighted by Crippen LogP contribution is -2.26. The Bertz CT molecular complexity index is 553. The highest BCUT2D eigenvalue weighted by atomic mass is 31.2. The maximum atomic E-state index is 12.5. The Balaban J connectivity index is 1.97. The van der Waals surface area contributed by atoms with Crippen LogP contribution in [0.2, 0.25) is 0 Å². The van der Waals surface area contributed by atoms with Crippen molar-refractivity contribution in [1.29, 1.82) is 0 Å². The summed E-state index contributed by atoms with van der Waals surface area (Å²) in [6, 6.07) is 9.03. The highest BCUT2D eigenvalue weighted by Gasteiger charge is 2.33. The standard InChI is InChI=1S/C17H25O5P/c1-13(16-8-5-9-22-16)10-15(17(18)19)12-23(20,21)11-14-6-3-2-4-7-14/h2-4,6-7,13,15-16H,5,8-12H2,1H3,(H,18,19)(H,20,21). The lowest BCUT2D eigenvalue weighted by atomic mass is 9.91. The molecule has 2 N–H and O–H groups in total. The van der Waals surface area contributed by atoms with Crippen molar-refractivity contribution in [2.45, 2.75) is 38.5 Å². The highest BCUT2D eigenvalue weighted by Crippen LogP contribution is 2.47. The molecule has 0 aliphatic carbocycles. The van der Waals surface area contributed by atoms with Gasteiger partial charge in [-0.1, -0.05) is 37.3 Å². The molecule has 4 atom stereocenters. The van der Waals surface area contributed by atoms with Gasteiger partial charge in [0.05, 0.1) is 12.0 Å². The molecule has 0 amide bonds. The van der Waals surface area contributed by atoms with Crippen LogP contribution >= 0.6 is 7.37 Å². The third-order valence-electron chi connectivity index (χ3n) is 4.38. The van der Waals surface area contributed by atoms with E-state index < -0.39 is 19.3 Å². The molecule has 0 saturated carbocycles. The third-order valence-corrected chi connectivity index (χ3v) is 6.25. The van der Waals surface area contributed by atoms with Crippen LogP contribution in [0.3, 0.4) is 0 Å². The van der Waals surface area contributed by atoms with Gasteiger partial charge in [-0.05, 0) is 30.7 Å². The van der Waals surface area contributed by atoms with Gasteiger partial charge in [0.2, 0.25) is 7.37 Å². The van der Waals surface area contributed by atoms with Crippen molar-refractivity contribution in [3.05, 3.63) is 35.9 Å². The van der Waals surface area contributed by atoms with Crippen LogP contribution in [0.15, 0.2) is 30.3 Å². The topological polar surface area (TPSA) is 83.8 Å². The smallest absolute Gasteiger partial charge is 0.307 e. The molecule has 1 heterocycles. The molecule has 0 spiro atoms.